The number of benzene rings is 1. The highest BCUT2D eigenvalue weighted by atomic mass is 15.1. The van der Waals surface area contributed by atoms with Gasteiger partial charge in [0.05, 0.1) is 12.2 Å². The lowest BCUT2D eigenvalue weighted by Gasteiger charge is -2.16. The number of nitrogens with zero attached hydrogens (tertiary/aromatic N) is 2. The van der Waals surface area contributed by atoms with Crippen molar-refractivity contribution in [2.45, 2.75) is 19.4 Å². The third-order valence-corrected chi connectivity index (χ3v) is 2.95. The van der Waals surface area contributed by atoms with E-state index in [9.17, 15) is 0 Å². The molecular formula is C14H17N3. The summed E-state index contributed by atoms with van der Waals surface area (Å²) < 4.78 is 0. The Kier molecular flexibility index (Phi) is 3.83. The number of nitrogens with one attached hydrogen (secondary N) is 1. The predicted octanol–water partition coefficient (Wildman–Crippen LogP) is 2.35. The van der Waals surface area contributed by atoms with Crippen molar-refractivity contribution in [2.75, 3.05) is 7.05 Å². The molecule has 0 saturated heterocycles. The Morgan fingerprint density at radius 2 is 1.82 bits per heavy atom. The van der Waals surface area contributed by atoms with Crippen LogP contribution >= 0.6 is 0 Å². The molecule has 0 spiro atoms. The fourth-order valence-electron chi connectivity index (χ4n) is 1.94. The quantitative estimate of drug-likeness (QED) is 0.871. The van der Waals surface area contributed by atoms with Crippen molar-refractivity contribution in [3.05, 3.63) is 59.4 Å². The zero-order valence-corrected chi connectivity index (χ0v) is 10.2. The molecule has 1 unspecified atom stereocenters. The van der Waals surface area contributed by atoms with E-state index in [-0.39, 0.29) is 6.04 Å². The second-order valence-electron chi connectivity index (χ2n) is 3.99. The molecule has 88 valence electrons. The Hall–Kier alpha value is -1.74. The molecule has 0 aliphatic carbocycles. The maximum Gasteiger partial charge on any atom is 0.0590 e. The van der Waals surface area contributed by atoms with Gasteiger partial charge >= 0.3 is 0 Å². The second kappa shape index (κ2) is 5.55. The molecule has 0 saturated carbocycles. The number of hydrogen-bond donors (Lipinski definition) is 1. The van der Waals surface area contributed by atoms with Crippen LogP contribution in [0.15, 0.2) is 42.7 Å². The van der Waals surface area contributed by atoms with E-state index in [0.717, 1.165) is 12.0 Å². The molecule has 0 radical (unpaired) electrons. The van der Waals surface area contributed by atoms with Gasteiger partial charge in [0.15, 0.2) is 0 Å². The normalized spacial score (nSPS) is 12.4. The lowest BCUT2D eigenvalue weighted by molar-refractivity contribution is 0.684. The average molecular weight is 227 g/mol. The topological polar surface area (TPSA) is 37.8 Å². The van der Waals surface area contributed by atoms with E-state index in [0.29, 0.717) is 0 Å². The van der Waals surface area contributed by atoms with Gasteiger partial charge in [0, 0.05) is 6.20 Å². The van der Waals surface area contributed by atoms with Crippen LogP contribution in [0.4, 0.5) is 0 Å². The van der Waals surface area contributed by atoms with Crippen molar-refractivity contribution in [3.63, 3.8) is 0 Å². The smallest absolute Gasteiger partial charge is 0.0590 e. The van der Waals surface area contributed by atoms with Gasteiger partial charge in [-0.05, 0) is 36.2 Å². The predicted molar refractivity (Wildman–Crippen MR) is 68.8 cm³/mol. The van der Waals surface area contributed by atoms with Crippen LogP contribution in [0.2, 0.25) is 0 Å². The van der Waals surface area contributed by atoms with E-state index < -0.39 is 0 Å². The van der Waals surface area contributed by atoms with Crippen molar-refractivity contribution in [1.29, 1.82) is 0 Å². The molecule has 3 nitrogen and oxygen atoms in total. The minimum absolute atomic E-state index is 0.177. The fourth-order valence-corrected chi connectivity index (χ4v) is 1.94. The minimum Gasteiger partial charge on any atom is -0.309 e. The van der Waals surface area contributed by atoms with E-state index in [1.165, 1.54) is 11.1 Å². The number of aromatic nitrogens is 2. The molecule has 0 aliphatic heterocycles. The molecule has 1 heterocycles. The van der Waals surface area contributed by atoms with Crippen LogP contribution in [0.1, 0.15) is 29.7 Å². The van der Waals surface area contributed by atoms with Crippen LogP contribution in [0.5, 0.6) is 0 Å². The van der Waals surface area contributed by atoms with Gasteiger partial charge in [-0.15, -0.1) is 0 Å². The van der Waals surface area contributed by atoms with Gasteiger partial charge in [0.2, 0.25) is 0 Å². The first-order chi connectivity index (χ1) is 8.35. The maximum absolute atomic E-state index is 3.92. The molecule has 0 bridgehead atoms. The lowest BCUT2D eigenvalue weighted by atomic mass is 9.99. The maximum atomic E-state index is 3.92. The van der Waals surface area contributed by atoms with Crippen LogP contribution in [-0.4, -0.2) is 17.2 Å². The Balaban J connectivity index is 2.29. The summed E-state index contributed by atoms with van der Waals surface area (Å²) in [5, 5.41) is 11.0. The third kappa shape index (κ3) is 2.68. The summed E-state index contributed by atoms with van der Waals surface area (Å²) in [5.74, 6) is 0. The number of rotatable bonds is 4. The summed E-state index contributed by atoms with van der Waals surface area (Å²) in [7, 11) is 1.96. The molecule has 0 amide bonds. The molecule has 1 atom stereocenters. The molecule has 1 aromatic heterocycles. The molecule has 1 N–H and O–H groups in total. The van der Waals surface area contributed by atoms with Crippen LogP contribution in [-0.2, 0) is 6.42 Å². The van der Waals surface area contributed by atoms with Crippen LogP contribution in [0.3, 0.4) is 0 Å². The van der Waals surface area contributed by atoms with Crippen molar-refractivity contribution in [1.82, 2.24) is 15.5 Å². The number of aryl methyl sites for hydroxylation is 1. The number of hydrogen-bond acceptors (Lipinski definition) is 3. The van der Waals surface area contributed by atoms with E-state index in [2.05, 4.69) is 46.7 Å². The van der Waals surface area contributed by atoms with E-state index in [1.807, 2.05) is 13.1 Å². The van der Waals surface area contributed by atoms with Gasteiger partial charge in [0.25, 0.3) is 0 Å². The minimum atomic E-state index is 0.177. The van der Waals surface area contributed by atoms with Crippen molar-refractivity contribution in [2.24, 2.45) is 0 Å². The molecule has 2 aromatic rings. The van der Waals surface area contributed by atoms with Gasteiger partial charge < -0.3 is 5.32 Å². The second-order valence-corrected chi connectivity index (χ2v) is 3.99. The van der Waals surface area contributed by atoms with Crippen molar-refractivity contribution in [3.8, 4) is 0 Å². The molecule has 3 heteroatoms. The first kappa shape index (κ1) is 11.7. The van der Waals surface area contributed by atoms with Gasteiger partial charge in [-0.3, -0.25) is 0 Å². The van der Waals surface area contributed by atoms with E-state index in [4.69, 9.17) is 0 Å². The van der Waals surface area contributed by atoms with E-state index >= 15 is 0 Å². The zero-order valence-electron chi connectivity index (χ0n) is 10.2. The molecule has 0 aliphatic rings. The first-order valence-electron chi connectivity index (χ1n) is 5.88. The van der Waals surface area contributed by atoms with Gasteiger partial charge in [0.1, 0.15) is 0 Å². The van der Waals surface area contributed by atoms with Crippen LogP contribution in [0, 0.1) is 0 Å². The highest BCUT2D eigenvalue weighted by Crippen LogP contribution is 2.20. The summed E-state index contributed by atoms with van der Waals surface area (Å²) >= 11 is 0. The highest BCUT2D eigenvalue weighted by molar-refractivity contribution is 5.31. The van der Waals surface area contributed by atoms with Crippen molar-refractivity contribution >= 4 is 0 Å². The standard InChI is InChI=1S/C14H17N3/c1-3-11-4-6-12(7-5-11)14(15-2)13-8-9-16-17-10-13/h4-10,14-15H,3H2,1-2H3. The summed E-state index contributed by atoms with van der Waals surface area (Å²) in [6.45, 7) is 2.16. The summed E-state index contributed by atoms with van der Waals surface area (Å²) in [5.41, 5.74) is 3.74. The average Bonchev–Trinajstić information content (AvgIpc) is 2.42. The zero-order chi connectivity index (χ0) is 12.1. The van der Waals surface area contributed by atoms with Gasteiger partial charge in [-0.25, -0.2) is 0 Å². The summed E-state index contributed by atoms with van der Waals surface area (Å²) in [6.07, 6.45) is 4.59. The summed E-state index contributed by atoms with van der Waals surface area (Å²) in [4.78, 5) is 0. The Morgan fingerprint density at radius 1 is 1.06 bits per heavy atom. The Morgan fingerprint density at radius 3 is 2.35 bits per heavy atom. The largest absolute Gasteiger partial charge is 0.309 e. The van der Waals surface area contributed by atoms with Crippen LogP contribution < -0.4 is 5.32 Å². The lowest BCUT2D eigenvalue weighted by Crippen LogP contribution is -2.17. The summed E-state index contributed by atoms with van der Waals surface area (Å²) in [6, 6.07) is 10.8. The molecule has 1 aromatic carbocycles. The van der Waals surface area contributed by atoms with Crippen molar-refractivity contribution < 1.29 is 0 Å². The van der Waals surface area contributed by atoms with Gasteiger partial charge in [-0.2, -0.15) is 10.2 Å². The monoisotopic (exact) mass is 227 g/mol. The third-order valence-electron chi connectivity index (χ3n) is 2.95. The Labute approximate surface area is 102 Å². The highest BCUT2D eigenvalue weighted by Gasteiger charge is 2.11. The van der Waals surface area contributed by atoms with Crippen LogP contribution in [0.25, 0.3) is 0 Å². The van der Waals surface area contributed by atoms with E-state index in [1.54, 1.807) is 12.4 Å². The Bertz CT molecular complexity index is 451. The van der Waals surface area contributed by atoms with Gasteiger partial charge in [-0.1, -0.05) is 31.2 Å². The molecule has 2 rings (SSSR count). The molecular weight excluding hydrogens is 210 g/mol. The fraction of sp³-hybridized carbons (Fsp3) is 0.286. The first-order valence-corrected chi connectivity index (χ1v) is 5.88. The molecule has 17 heavy (non-hydrogen) atoms. The molecule has 0 fully saturated rings. The SMILES string of the molecule is CCc1ccc(C(NC)c2ccnnc2)cc1.